The summed E-state index contributed by atoms with van der Waals surface area (Å²) >= 11 is 2.83. The molecule has 1 aromatic heterocycles. The monoisotopic (exact) mass is 376 g/mol. The number of carbonyl (C=O) groups is 1. The number of rotatable bonds is 5. The van der Waals surface area contributed by atoms with E-state index in [2.05, 4.69) is 10.3 Å². The van der Waals surface area contributed by atoms with Crippen molar-refractivity contribution in [3.05, 3.63) is 65.0 Å². The summed E-state index contributed by atoms with van der Waals surface area (Å²) in [5.41, 5.74) is 1.46. The molecule has 1 N–H and O–H groups in total. The molecule has 2 aromatic carbocycles. The van der Waals surface area contributed by atoms with Crippen LogP contribution in [-0.4, -0.2) is 17.1 Å². The molecule has 25 heavy (non-hydrogen) atoms. The normalized spacial score (nSPS) is 10.7. The Morgan fingerprint density at radius 3 is 2.64 bits per heavy atom. The minimum atomic E-state index is -0.683. The maximum absolute atomic E-state index is 13.8. The number of aromatic nitrogens is 1. The minimum Gasteiger partial charge on any atom is -0.302 e. The first-order valence-corrected chi connectivity index (χ1v) is 9.49. The Bertz CT molecular complexity index is 894. The van der Waals surface area contributed by atoms with Crippen LogP contribution in [-0.2, 0) is 11.2 Å². The lowest BCUT2D eigenvalue weighted by atomic mass is 10.1. The van der Waals surface area contributed by atoms with Crippen molar-refractivity contribution in [2.45, 2.75) is 11.3 Å². The third-order valence-corrected chi connectivity index (χ3v) is 4.98. The average molecular weight is 376 g/mol. The maximum atomic E-state index is 13.8. The highest BCUT2D eigenvalue weighted by atomic mass is 32.2. The highest BCUT2D eigenvalue weighted by molar-refractivity contribution is 7.98. The van der Waals surface area contributed by atoms with Crippen LogP contribution in [0.5, 0.6) is 0 Å². The van der Waals surface area contributed by atoms with E-state index in [1.54, 1.807) is 17.1 Å². The number of thioether (sulfide) groups is 1. The zero-order valence-corrected chi connectivity index (χ0v) is 14.9. The molecule has 0 aliphatic carbocycles. The van der Waals surface area contributed by atoms with Crippen LogP contribution < -0.4 is 5.32 Å². The number of thiazole rings is 1. The summed E-state index contributed by atoms with van der Waals surface area (Å²) in [7, 11) is 0. The highest BCUT2D eigenvalue weighted by Gasteiger charge is 2.12. The molecule has 0 radical (unpaired) electrons. The summed E-state index contributed by atoms with van der Waals surface area (Å²) in [5, 5.41) is 4.71. The number of amides is 1. The van der Waals surface area contributed by atoms with Crippen LogP contribution in [0.15, 0.2) is 52.7 Å². The Morgan fingerprint density at radius 1 is 1.20 bits per heavy atom. The van der Waals surface area contributed by atoms with E-state index < -0.39 is 11.6 Å². The van der Waals surface area contributed by atoms with Crippen LogP contribution in [0.3, 0.4) is 0 Å². The molecule has 3 nitrogen and oxygen atoms in total. The van der Waals surface area contributed by atoms with Gasteiger partial charge in [-0.15, -0.1) is 23.1 Å². The summed E-state index contributed by atoms with van der Waals surface area (Å²) in [4.78, 5) is 17.5. The van der Waals surface area contributed by atoms with Gasteiger partial charge < -0.3 is 5.32 Å². The largest absolute Gasteiger partial charge is 0.302 e. The van der Waals surface area contributed by atoms with E-state index in [9.17, 15) is 13.6 Å². The van der Waals surface area contributed by atoms with Gasteiger partial charge >= 0.3 is 0 Å². The van der Waals surface area contributed by atoms with Crippen molar-refractivity contribution < 1.29 is 13.6 Å². The molecule has 1 amide bonds. The van der Waals surface area contributed by atoms with Gasteiger partial charge in [0, 0.05) is 21.9 Å². The third kappa shape index (κ3) is 4.43. The number of anilines is 1. The van der Waals surface area contributed by atoms with Crippen molar-refractivity contribution in [3.8, 4) is 11.3 Å². The van der Waals surface area contributed by atoms with Gasteiger partial charge in [-0.2, -0.15) is 0 Å². The first-order valence-electron chi connectivity index (χ1n) is 7.39. The molecule has 128 valence electrons. The Morgan fingerprint density at radius 2 is 1.96 bits per heavy atom. The van der Waals surface area contributed by atoms with Crippen LogP contribution in [0.25, 0.3) is 11.3 Å². The summed E-state index contributed by atoms with van der Waals surface area (Å²) in [5.74, 6) is -1.52. The van der Waals surface area contributed by atoms with E-state index >= 15 is 0 Å². The second-order valence-electron chi connectivity index (χ2n) is 5.24. The molecule has 7 heteroatoms. The molecule has 0 unspecified atom stereocenters. The molecule has 0 aliphatic heterocycles. The van der Waals surface area contributed by atoms with Gasteiger partial charge in [-0.25, -0.2) is 13.8 Å². The molecule has 0 saturated heterocycles. The van der Waals surface area contributed by atoms with Crippen LogP contribution in [0.4, 0.5) is 13.9 Å². The van der Waals surface area contributed by atoms with Crippen LogP contribution in [0.1, 0.15) is 5.56 Å². The molecule has 0 spiro atoms. The van der Waals surface area contributed by atoms with Crippen LogP contribution in [0, 0.1) is 11.6 Å². The van der Waals surface area contributed by atoms with Crippen molar-refractivity contribution >= 4 is 34.1 Å². The quantitative estimate of drug-likeness (QED) is 0.638. The second-order valence-corrected chi connectivity index (χ2v) is 6.97. The first kappa shape index (κ1) is 17.6. The van der Waals surface area contributed by atoms with Gasteiger partial charge in [-0.05, 0) is 36.1 Å². The summed E-state index contributed by atoms with van der Waals surface area (Å²) in [6, 6.07) is 11.1. The summed E-state index contributed by atoms with van der Waals surface area (Å²) in [6.07, 6.45) is 2.22. The lowest BCUT2D eigenvalue weighted by molar-refractivity contribution is -0.115. The SMILES string of the molecule is CSc1ccc(CC(=O)Nc2nc(-c3ccc(F)cc3F)cs2)cc1. The minimum absolute atomic E-state index is 0.197. The maximum Gasteiger partial charge on any atom is 0.230 e. The molecular formula is C18H14F2N2OS2. The predicted molar refractivity (Wildman–Crippen MR) is 98.0 cm³/mol. The lowest BCUT2D eigenvalue weighted by Gasteiger charge is -2.03. The number of halogens is 2. The van der Waals surface area contributed by atoms with Gasteiger partial charge in [0.1, 0.15) is 11.6 Å². The van der Waals surface area contributed by atoms with Crippen molar-refractivity contribution in [2.24, 2.45) is 0 Å². The van der Waals surface area contributed by atoms with Crippen LogP contribution in [0.2, 0.25) is 0 Å². The highest BCUT2D eigenvalue weighted by Crippen LogP contribution is 2.27. The lowest BCUT2D eigenvalue weighted by Crippen LogP contribution is -2.14. The fourth-order valence-corrected chi connectivity index (χ4v) is 3.38. The molecule has 3 aromatic rings. The smallest absolute Gasteiger partial charge is 0.230 e. The Kier molecular flexibility index (Phi) is 5.45. The number of nitrogens with one attached hydrogen (secondary N) is 1. The molecule has 0 atom stereocenters. The van der Waals surface area contributed by atoms with E-state index in [-0.39, 0.29) is 17.9 Å². The van der Waals surface area contributed by atoms with Gasteiger partial charge in [0.2, 0.25) is 5.91 Å². The topological polar surface area (TPSA) is 42.0 Å². The van der Waals surface area contributed by atoms with E-state index in [0.717, 1.165) is 16.5 Å². The molecule has 0 fully saturated rings. The molecule has 0 saturated carbocycles. The molecule has 1 heterocycles. The van der Waals surface area contributed by atoms with Crippen molar-refractivity contribution in [3.63, 3.8) is 0 Å². The number of benzene rings is 2. The predicted octanol–water partition coefficient (Wildman–Crippen LogP) is 4.99. The second kappa shape index (κ2) is 7.76. The summed E-state index contributed by atoms with van der Waals surface area (Å²) < 4.78 is 26.8. The number of carbonyl (C=O) groups excluding carboxylic acids is 1. The van der Waals surface area contributed by atoms with Crippen molar-refractivity contribution in [2.75, 3.05) is 11.6 Å². The first-order chi connectivity index (χ1) is 12.0. The van der Waals surface area contributed by atoms with Crippen molar-refractivity contribution in [1.29, 1.82) is 0 Å². The Hall–Kier alpha value is -2.25. The molecule has 0 aliphatic rings. The van der Waals surface area contributed by atoms with Gasteiger partial charge in [0.05, 0.1) is 12.1 Å². The average Bonchev–Trinajstić information content (AvgIpc) is 3.03. The van der Waals surface area contributed by atoms with E-state index in [0.29, 0.717) is 10.8 Å². The van der Waals surface area contributed by atoms with E-state index in [4.69, 9.17) is 0 Å². The number of nitrogens with zero attached hydrogens (tertiary/aromatic N) is 1. The standard InChI is InChI=1S/C18H14F2N2OS2/c1-24-13-5-2-11(3-6-13)8-17(23)22-18-21-16(10-25-18)14-7-4-12(19)9-15(14)20/h2-7,9-10H,8H2,1H3,(H,21,22,23). The van der Waals surface area contributed by atoms with E-state index in [1.165, 1.54) is 23.5 Å². The molecular weight excluding hydrogens is 362 g/mol. The fraction of sp³-hybridized carbons (Fsp3) is 0.111. The molecule has 0 bridgehead atoms. The summed E-state index contributed by atoms with van der Waals surface area (Å²) in [6.45, 7) is 0. The van der Waals surface area contributed by atoms with E-state index in [1.807, 2.05) is 30.5 Å². The third-order valence-electron chi connectivity index (χ3n) is 3.48. The van der Waals surface area contributed by atoms with Gasteiger partial charge in [-0.1, -0.05) is 12.1 Å². The van der Waals surface area contributed by atoms with Gasteiger partial charge in [0.25, 0.3) is 0 Å². The fourth-order valence-electron chi connectivity index (χ4n) is 2.24. The van der Waals surface area contributed by atoms with Gasteiger partial charge in [-0.3, -0.25) is 4.79 Å². The zero-order valence-electron chi connectivity index (χ0n) is 13.3. The Balaban J connectivity index is 1.67. The molecule has 3 rings (SSSR count). The number of hydrogen-bond donors (Lipinski definition) is 1. The van der Waals surface area contributed by atoms with Gasteiger partial charge in [0.15, 0.2) is 5.13 Å². The Labute approximate surface area is 152 Å². The van der Waals surface area contributed by atoms with Crippen molar-refractivity contribution in [1.82, 2.24) is 4.98 Å². The zero-order chi connectivity index (χ0) is 17.8. The number of hydrogen-bond acceptors (Lipinski definition) is 4. The van der Waals surface area contributed by atoms with Crippen LogP contribution >= 0.6 is 23.1 Å².